The van der Waals surface area contributed by atoms with E-state index in [1.54, 1.807) is 0 Å². The van der Waals surface area contributed by atoms with Crippen LogP contribution < -0.4 is 5.32 Å². The Morgan fingerprint density at radius 3 is 2.50 bits per heavy atom. The number of carboxylic acid groups (broad SMARTS) is 1. The van der Waals surface area contributed by atoms with Gasteiger partial charge in [0.05, 0.1) is 12.1 Å². The van der Waals surface area contributed by atoms with E-state index in [2.05, 4.69) is 5.32 Å². The van der Waals surface area contributed by atoms with Gasteiger partial charge in [-0.15, -0.1) is 0 Å². The molecule has 1 unspecified atom stereocenters. The molecule has 1 rings (SSSR count). The average molecular weight is 258 g/mol. The number of nitrogens with one attached hydrogen (secondary N) is 1. The van der Waals surface area contributed by atoms with Crippen LogP contribution in [0.5, 0.6) is 0 Å². The predicted octanol–water partition coefficient (Wildman–Crippen LogP) is 1.06. The first-order valence-corrected chi connectivity index (χ1v) is 6.06. The van der Waals surface area contributed by atoms with Gasteiger partial charge in [0.2, 0.25) is 0 Å². The topological polar surface area (TPSA) is 78.9 Å². The molecule has 1 fully saturated rings. The van der Waals surface area contributed by atoms with Gasteiger partial charge >= 0.3 is 12.0 Å². The van der Waals surface area contributed by atoms with E-state index in [-0.39, 0.29) is 0 Å². The van der Waals surface area contributed by atoms with Gasteiger partial charge in [-0.1, -0.05) is 0 Å². The molecular formula is C12H22N2O4. The lowest BCUT2D eigenvalue weighted by atomic mass is 9.95. The molecule has 0 saturated carbocycles. The number of carbonyl (C=O) groups excluding carboxylic acids is 1. The van der Waals surface area contributed by atoms with E-state index >= 15 is 0 Å². The largest absolute Gasteiger partial charge is 0.480 e. The van der Waals surface area contributed by atoms with Crippen molar-refractivity contribution >= 4 is 12.0 Å². The van der Waals surface area contributed by atoms with Crippen molar-refractivity contribution in [2.24, 2.45) is 0 Å². The van der Waals surface area contributed by atoms with Crippen molar-refractivity contribution < 1.29 is 19.4 Å². The van der Waals surface area contributed by atoms with Gasteiger partial charge in [0.25, 0.3) is 0 Å². The van der Waals surface area contributed by atoms with E-state index in [4.69, 9.17) is 9.84 Å². The predicted molar refractivity (Wildman–Crippen MR) is 66.5 cm³/mol. The van der Waals surface area contributed by atoms with Gasteiger partial charge in [0, 0.05) is 13.7 Å². The number of amides is 2. The molecule has 0 spiro atoms. The Kier molecular flexibility index (Phi) is 4.21. The molecule has 1 aliphatic rings. The van der Waals surface area contributed by atoms with Gasteiger partial charge in [0.1, 0.15) is 5.54 Å². The third-order valence-corrected chi connectivity index (χ3v) is 3.51. The molecule has 0 aromatic heterocycles. The number of nitrogens with zero attached hydrogens (tertiary/aromatic N) is 1. The molecule has 18 heavy (non-hydrogen) atoms. The second-order valence-electron chi connectivity index (χ2n) is 5.57. The maximum Gasteiger partial charge on any atom is 0.329 e. The summed E-state index contributed by atoms with van der Waals surface area (Å²) in [4.78, 5) is 24.4. The van der Waals surface area contributed by atoms with Crippen LogP contribution in [0.25, 0.3) is 0 Å². The van der Waals surface area contributed by atoms with Gasteiger partial charge in [-0.25, -0.2) is 9.59 Å². The van der Waals surface area contributed by atoms with Crippen LogP contribution in [-0.4, -0.2) is 53.3 Å². The Balaban J connectivity index is 2.67. The number of carboxylic acids is 1. The van der Waals surface area contributed by atoms with Crippen molar-refractivity contribution in [1.82, 2.24) is 10.2 Å². The third kappa shape index (κ3) is 3.13. The molecule has 1 saturated heterocycles. The summed E-state index contributed by atoms with van der Waals surface area (Å²) in [6, 6.07) is -0.393. The second kappa shape index (κ2) is 5.14. The molecule has 1 atom stereocenters. The highest BCUT2D eigenvalue weighted by Gasteiger charge is 2.38. The van der Waals surface area contributed by atoms with Crippen LogP contribution >= 0.6 is 0 Å². The van der Waals surface area contributed by atoms with Crippen LogP contribution in [0.2, 0.25) is 0 Å². The highest BCUT2D eigenvalue weighted by atomic mass is 16.5. The van der Waals surface area contributed by atoms with Crippen molar-refractivity contribution in [3.63, 3.8) is 0 Å². The minimum absolute atomic E-state index is 0.393. The summed E-state index contributed by atoms with van der Waals surface area (Å²) in [5, 5.41) is 11.9. The van der Waals surface area contributed by atoms with Crippen LogP contribution in [-0.2, 0) is 9.53 Å². The normalized spacial score (nSPS) is 24.4. The fraction of sp³-hybridized carbons (Fsp3) is 0.833. The molecule has 6 nitrogen and oxygen atoms in total. The maximum absolute atomic E-state index is 12.1. The molecule has 2 N–H and O–H groups in total. The van der Waals surface area contributed by atoms with E-state index in [9.17, 15) is 9.59 Å². The minimum Gasteiger partial charge on any atom is -0.480 e. The highest BCUT2D eigenvalue weighted by molar-refractivity contribution is 5.85. The monoisotopic (exact) mass is 258 g/mol. The zero-order chi connectivity index (χ0) is 14.0. The van der Waals surface area contributed by atoms with E-state index in [0.717, 1.165) is 12.8 Å². The number of hydrogen-bond donors (Lipinski definition) is 2. The zero-order valence-corrected chi connectivity index (χ0v) is 11.4. The SMILES string of the molecule is CN(C(=O)NC1(C)CCCOC1)C(C)(C)C(=O)O. The number of urea groups is 1. The summed E-state index contributed by atoms with van der Waals surface area (Å²) >= 11 is 0. The van der Waals surface area contributed by atoms with Crippen molar-refractivity contribution in [2.45, 2.75) is 44.7 Å². The highest BCUT2D eigenvalue weighted by Crippen LogP contribution is 2.20. The smallest absolute Gasteiger partial charge is 0.329 e. The first-order valence-electron chi connectivity index (χ1n) is 6.06. The van der Waals surface area contributed by atoms with Crippen LogP contribution in [0.4, 0.5) is 4.79 Å². The molecule has 0 aliphatic carbocycles. The molecule has 1 heterocycles. The molecule has 6 heteroatoms. The lowest BCUT2D eigenvalue weighted by molar-refractivity contribution is -0.147. The van der Waals surface area contributed by atoms with Crippen molar-refractivity contribution in [2.75, 3.05) is 20.3 Å². The molecule has 0 bridgehead atoms. The molecular weight excluding hydrogens is 236 g/mol. The molecule has 0 radical (unpaired) electrons. The van der Waals surface area contributed by atoms with Gasteiger partial charge < -0.3 is 20.1 Å². The van der Waals surface area contributed by atoms with E-state index in [1.807, 2.05) is 6.92 Å². The van der Waals surface area contributed by atoms with E-state index in [0.29, 0.717) is 13.2 Å². The van der Waals surface area contributed by atoms with Crippen LogP contribution in [0, 0.1) is 0 Å². The van der Waals surface area contributed by atoms with Crippen molar-refractivity contribution in [3.05, 3.63) is 0 Å². The van der Waals surface area contributed by atoms with E-state index < -0.39 is 23.1 Å². The van der Waals surface area contributed by atoms with Crippen LogP contribution in [0.1, 0.15) is 33.6 Å². The van der Waals surface area contributed by atoms with Gasteiger partial charge in [-0.2, -0.15) is 0 Å². The van der Waals surface area contributed by atoms with Crippen molar-refractivity contribution in [3.8, 4) is 0 Å². The number of ether oxygens (including phenoxy) is 1. The quantitative estimate of drug-likeness (QED) is 0.793. The molecule has 0 aromatic rings. The second-order valence-corrected chi connectivity index (χ2v) is 5.57. The average Bonchev–Trinajstić information content (AvgIpc) is 2.28. The molecule has 1 aliphatic heterocycles. The number of carbonyl (C=O) groups is 2. The minimum atomic E-state index is -1.24. The summed E-state index contributed by atoms with van der Waals surface area (Å²) in [7, 11) is 1.48. The lowest BCUT2D eigenvalue weighted by Gasteiger charge is -2.38. The van der Waals surface area contributed by atoms with Gasteiger partial charge in [0.15, 0.2) is 0 Å². The Hall–Kier alpha value is -1.30. The van der Waals surface area contributed by atoms with Crippen LogP contribution in [0.3, 0.4) is 0 Å². The lowest BCUT2D eigenvalue weighted by Crippen LogP contribution is -2.60. The molecule has 2 amide bonds. The summed E-state index contributed by atoms with van der Waals surface area (Å²) in [5.74, 6) is -1.04. The fourth-order valence-corrected chi connectivity index (χ4v) is 1.77. The Labute approximate surface area is 107 Å². The number of aliphatic carboxylic acids is 1. The Morgan fingerprint density at radius 1 is 1.44 bits per heavy atom. The molecule has 0 aromatic carbocycles. The number of rotatable bonds is 3. The van der Waals surface area contributed by atoms with Gasteiger partial charge in [-0.05, 0) is 33.6 Å². The standard InChI is InChI=1S/C12H22N2O4/c1-11(2,9(15)16)14(4)10(17)13-12(3)6-5-7-18-8-12/h5-8H2,1-4H3,(H,13,17)(H,15,16). The third-order valence-electron chi connectivity index (χ3n) is 3.51. The number of likely N-dealkylation sites (N-methyl/N-ethyl adjacent to an activating group) is 1. The summed E-state index contributed by atoms with van der Waals surface area (Å²) in [5.41, 5.74) is -1.66. The zero-order valence-electron chi connectivity index (χ0n) is 11.4. The van der Waals surface area contributed by atoms with Gasteiger partial charge in [-0.3, -0.25) is 0 Å². The van der Waals surface area contributed by atoms with Crippen molar-refractivity contribution in [1.29, 1.82) is 0 Å². The number of hydrogen-bond acceptors (Lipinski definition) is 3. The first-order chi connectivity index (χ1) is 8.19. The first kappa shape index (κ1) is 14.8. The fourth-order valence-electron chi connectivity index (χ4n) is 1.77. The van der Waals surface area contributed by atoms with Crippen LogP contribution in [0.15, 0.2) is 0 Å². The Morgan fingerprint density at radius 2 is 2.06 bits per heavy atom. The summed E-state index contributed by atoms with van der Waals surface area (Å²) < 4.78 is 5.35. The molecule has 104 valence electrons. The van der Waals surface area contributed by atoms with E-state index in [1.165, 1.54) is 25.8 Å². The summed E-state index contributed by atoms with van der Waals surface area (Å²) in [6.07, 6.45) is 1.73. The maximum atomic E-state index is 12.1. The Bertz CT molecular complexity index is 335. The summed E-state index contributed by atoms with van der Waals surface area (Å²) in [6.45, 7) is 6.07.